The van der Waals surface area contributed by atoms with Crippen LogP contribution in [0.1, 0.15) is 12.2 Å². The van der Waals surface area contributed by atoms with Crippen molar-refractivity contribution in [1.82, 2.24) is 19.7 Å². The van der Waals surface area contributed by atoms with E-state index in [1.807, 2.05) is 25.2 Å². The van der Waals surface area contributed by atoms with Crippen LogP contribution in [0.2, 0.25) is 5.02 Å². The summed E-state index contributed by atoms with van der Waals surface area (Å²) in [5.41, 5.74) is 1.44. The number of aryl methyl sites for hydroxylation is 1. The monoisotopic (exact) mass is 386 g/mol. The number of carbonyl (C=O) groups is 1. The van der Waals surface area contributed by atoms with E-state index in [0.29, 0.717) is 41.9 Å². The van der Waals surface area contributed by atoms with Crippen LogP contribution >= 0.6 is 11.6 Å². The van der Waals surface area contributed by atoms with E-state index in [-0.39, 0.29) is 11.9 Å². The molecule has 140 valence electrons. The standard InChI is InChI=1S/C18H19ClN6O2/c1-24-18-12(8-20-24)17(22-15(23-18)10-27-2)21-11-7-16(26)25(9-11)14-6-4-3-5-13(14)19/h3-6,8,11H,7,9-10H2,1-2H3,(H,21,22,23). The summed E-state index contributed by atoms with van der Waals surface area (Å²) in [6.07, 6.45) is 2.08. The van der Waals surface area contributed by atoms with E-state index >= 15 is 0 Å². The summed E-state index contributed by atoms with van der Waals surface area (Å²) in [6, 6.07) is 7.26. The molecule has 3 heterocycles. The number of carbonyl (C=O) groups excluding carboxylic acids is 1. The zero-order valence-corrected chi connectivity index (χ0v) is 15.8. The van der Waals surface area contributed by atoms with E-state index < -0.39 is 0 Å². The Balaban J connectivity index is 1.61. The van der Waals surface area contributed by atoms with Gasteiger partial charge in [0, 0.05) is 27.1 Å². The van der Waals surface area contributed by atoms with E-state index in [0.717, 1.165) is 11.1 Å². The van der Waals surface area contributed by atoms with Gasteiger partial charge in [0.2, 0.25) is 5.91 Å². The SMILES string of the molecule is COCc1nc(NC2CC(=O)N(c3ccccc3Cl)C2)c2cnn(C)c2n1. The molecule has 27 heavy (non-hydrogen) atoms. The lowest BCUT2D eigenvalue weighted by molar-refractivity contribution is -0.117. The Morgan fingerprint density at radius 2 is 2.15 bits per heavy atom. The molecule has 8 nitrogen and oxygen atoms in total. The molecule has 1 aromatic carbocycles. The molecule has 4 rings (SSSR count). The van der Waals surface area contributed by atoms with Gasteiger partial charge in [-0.25, -0.2) is 9.97 Å². The number of rotatable bonds is 5. The van der Waals surface area contributed by atoms with Gasteiger partial charge in [-0.2, -0.15) is 5.10 Å². The number of nitrogens with one attached hydrogen (secondary N) is 1. The van der Waals surface area contributed by atoms with Crippen LogP contribution in [-0.2, 0) is 23.2 Å². The van der Waals surface area contributed by atoms with Crippen molar-refractivity contribution in [3.8, 4) is 0 Å². The van der Waals surface area contributed by atoms with Gasteiger partial charge in [-0.15, -0.1) is 0 Å². The molecular weight excluding hydrogens is 368 g/mol. The van der Waals surface area contributed by atoms with Gasteiger partial charge in [0.1, 0.15) is 12.4 Å². The molecule has 1 N–H and O–H groups in total. The molecule has 1 aliphatic heterocycles. The number of hydrogen-bond acceptors (Lipinski definition) is 6. The molecule has 1 fully saturated rings. The zero-order chi connectivity index (χ0) is 19.0. The molecule has 0 saturated carbocycles. The van der Waals surface area contributed by atoms with Gasteiger partial charge in [0.05, 0.1) is 28.3 Å². The summed E-state index contributed by atoms with van der Waals surface area (Å²) in [7, 11) is 3.43. The predicted molar refractivity (Wildman–Crippen MR) is 103 cm³/mol. The minimum Gasteiger partial charge on any atom is -0.377 e. The highest BCUT2D eigenvalue weighted by molar-refractivity contribution is 6.33. The van der Waals surface area contributed by atoms with Gasteiger partial charge in [-0.05, 0) is 12.1 Å². The van der Waals surface area contributed by atoms with E-state index in [1.165, 1.54) is 0 Å². The maximum absolute atomic E-state index is 12.5. The lowest BCUT2D eigenvalue weighted by atomic mass is 10.2. The van der Waals surface area contributed by atoms with E-state index in [9.17, 15) is 4.79 Å². The average Bonchev–Trinajstić information content (AvgIpc) is 3.19. The fraction of sp³-hybridized carbons (Fsp3) is 0.333. The number of benzene rings is 1. The molecular formula is C18H19ClN6O2. The number of para-hydroxylation sites is 1. The van der Waals surface area contributed by atoms with Crippen molar-refractivity contribution in [3.05, 3.63) is 41.3 Å². The first-order chi connectivity index (χ1) is 13.1. The fourth-order valence-electron chi connectivity index (χ4n) is 3.27. The fourth-order valence-corrected chi connectivity index (χ4v) is 3.51. The van der Waals surface area contributed by atoms with Crippen molar-refractivity contribution in [3.63, 3.8) is 0 Å². The van der Waals surface area contributed by atoms with Crippen molar-refractivity contribution >= 4 is 40.0 Å². The first-order valence-corrected chi connectivity index (χ1v) is 8.93. The van der Waals surface area contributed by atoms with Gasteiger partial charge < -0.3 is 15.0 Å². The molecule has 0 spiro atoms. The largest absolute Gasteiger partial charge is 0.377 e. The summed E-state index contributed by atoms with van der Waals surface area (Å²) in [6.45, 7) is 0.805. The van der Waals surface area contributed by atoms with Crippen LogP contribution in [0.15, 0.2) is 30.5 Å². The summed E-state index contributed by atoms with van der Waals surface area (Å²) in [4.78, 5) is 23.3. The number of aromatic nitrogens is 4. The van der Waals surface area contributed by atoms with Gasteiger partial charge in [0.15, 0.2) is 11.5 Å². The minimum absolute atomic E-state index is 0.0224. The second-order valence-corrected chi connectivity index (χ2v) is 6.84. The Morgan fingerprint density at radius 1 is 1.33 bits per heavy atom. The van der Waals surface area contributed by atoms with Crippen molar-refractivity contribution in [2.45, 2.75) is 19.1 Å². The smallest absolute Gasteiger partial charge is 0.229 e. The Hall–Kier alpha value is -2.71. The van der Waals surface area contributed by atoms with Crippen molar-refractivity contribution in [1.29, 1.82) is 0 Å². The second kappa shape index (κ2) is 7.13. The molecule has 0 aliphatic carbocycles. The third kappa shape index (κ3) is 3.33. The molecule has 3 aromatic rings. The average molecular weight is 387 g/mol. The number of methoxy groups -OCH3 is 1. The van der Waals surface area contributed by atoms with Crippen LogP contribution in [0.25, 0.3) is 11.0 Å². The molecule has 0 bridgehead atoms. The van der Waals surface area contributed by atoms with E-state index in [2.05, 4.69) is 20.4 Å². The topological polar surface area (TPSA) is 85.2 Å². The Kier molecular flexibility index (Phi) is 4.67. The van der Waals surface area contributed by atoms with Crippen LogP contribution in [-0.4, -0.2) is 45.4 Å². The Morgan fingerprint density at radius 3 is 2.93 bits per heavy atom. The summed E-state index contributed by atoms with van der Waals surface area (Å²) in [5.74, 6) is 1.23. The maximum Gasteiger partial charge on any atom is 0.229 e. The van der Waals surface area contributed by atoms with Crippen LogP contribution < -0.4 is 10.2 Å². The highest BCUT2D eigenvalue weighted by atomic mass is 35.5. The number of hydrogen-bond donors (Lipinski definition) is 1. The minimum atomic E-state index is -0.0949. The molecule has 0 radical (unpaired) electrons. The van der Waals surface area contributed by atoms with Crippen LogP contribution in [0.4, 0.5) is 11.5 Å². The van der Waals surface area contributed by atoms with Crippen LogP contribution in [0, 0.1) is 0 Å². The second-order valence-electron chi connectivity index (χ2n) is 6.43. The summed E-state index contributed by atoms with van der Waals surface area (Å²) in [5, 5.41) is 9.01. The molecule has 1 amide bonds. The van der Waals surface area contributed by atoms with E-state index in [4.69, 9.17) is 16.3 Å². The number of anilines is 2. The highest BCUT2D eigenvalue weighted by Gasteiger charge is 2.32. The Labute approximate surface area is 161 Å². The summed E-state index contributed by atoms with van der Waals surface area (Å²) < 4.78 is 6.86. The number of fused-ring (bicyclic) bond motifs is 1. The molecule has 1 unspecified atom stereocenters. The number of halogens is 1. The number of amides is 1. The highest BCUT2D eigenvalue weighted by Crippen LogP contribution is 2.30. The first-order valence-electron chi connectivity index (χ1n) is 8.56. The lowest BCUT2D eigenvalue weighted by Crippen LogP contribution is -2.28. The first kappa shape index (κ1) is 17.7. The van der Waals surface area contributed by atoms with Gasteiger partial charge in [0.25, 0.3) is 0 Å². The predicted octanol–water partition coefficient (Wildman–Crippen LogP) is 2.38. The Bertz CT molecular complexity index is 1000. The van der Waals surface area contributed by atoms with Crippen LogP contribution in [0.3, 0.4) is 0 Å². The van der Waals surface area contributed by atoms with Crippen molar-refractivity contribution < 1.29 is 9.53 Å². The zero-order valence-electron chi connectivity index (χ0n) is 15.0. The van der Waals surface area contributed by atoms with Crippen molar-refractivity contribution in [2.75, 3.05) is 23.9 Å². The van der Waals surface area contributed by atoms with Crippen LogP contribution in [0.5, 0.6) is 0 Å². The molecule has 9 heteroatoms. The molecule has 2 aromatic heterocycles. The quantitative estimate of drug-likeness (QED) is 0.724. The lowest BCUT2D eigenvalue weighted by Gasteiger charge is -2.19. The van der Waals surface area contributed by atoms with Gasteiger partial charge in [-0.3, -0.25) is 9.48 Å². The van der Waals surface area contributed by atoms with Gasteiger partial charge in [-0.1, -0.05) is 23.7 Å². The number of nitrogens with zero attached hydrogens (tertiary/aromatic N) is 5. The molecule has 1 aliphatic rings. The number of ether oxygens (including phenoxy) is 1. The molecule has 1 saturated heterocycles. The van der Waals surface area contributed by atoms with Gasteiger partial charge >= 0.3 is 0 Å². The summed E-state index contributed by atoms with van der Waals surface area (Å²) >= 11 is 6.25. The normalized spacial score (nSPS) is 17.1. The van der Waals surface area contributed by atoms with Crippen molar-refractivity contribution in [2.24, 2.45) is 7.05 Å². The maximum atomic E-state index is 12.5. The third-order valence-corrected chi connectivity index (χ3v) is 4.84. The third-order valence-electron chi connectivity index (χ3n) is 4.52. The molecule has 1 atom stereocenters. The van der Waals surface area contributed by atoms with E-state index in [1.54, 1.807) is 29.0 Å².